The second-order valence-electron chi connectivity index (χ2n) is 8.60. The van der Waals surface area contributed by atoms with E-state index in [1.54, 1.807) is 6.92 Å². The standard InChI is InChI=1S/C26H34N2O3/c1-5-24(29)28-16-14-20-11-12-22(31-19(4)26(30)27-15-13-18(2)3)17-23(20)25(28)21-9-7-6-8-10-21/h6-12,17-19,25H,5,13-16H2,1-4H3,(H,27,30)/t19-,25+/m0/s1. The molecule has 1 aliphatic rings. The third-order valence-corrected chi connectivity index (χ3v) is 5.79. The molecule has 5 heteroatoms. The van der Waals surface area contributed by atoms with Crippen LogP contribution >= 0.6 is 0 Å². The van der Waals surface area contributed by atoms with Crippen molar-refractivity contribution < 1.29 is 14.3 Å². The minimum atomic E-state index is -0.586. The van der Waals surface area contributed by atoms with E-state index < -0.39 is 6.10 Å². The Kier molecular flexibility index (Phi) is 7.72. The van der Waals surface area contributed by atoms with Crippen molar-refractivity contribution in [2.45, 2.75) is 59.1 Å². The average Bonchev–Trinajstić information content (AvgIpc) is 2.77. The number of fused-ring (bicyclic) bond motifs is 1. The molecule has 0 saturated carbocycles. The first kappa shape index (κ1) is 22.9. The highest BCUT2D eigenvalue weighted by molar-refractivity contribution is 5.80. The SMILES string of the molecule is CCC(=O)N1CCc2ccc(O[C@@H](C)C(=O)NCCC(C)C)cc2[C@H]1c1ccccc1. The Morgan fingerprint density at radius 3 is 2.55 bits per heavy atom. The van der Waals surface area contributed by atoms with Crippen LogP contribution in [0.25, 0.3) is 0 Å². The van der Waals surface area contributed by atoms with Gasteiger partial charge in [-0.3, -0.25) is 9.59 Å². The summed E-state index contributed by atoms with van der Waals surface area (Å²) in [5, 5.41) is 2.94. The normalized spacial score (nSPS) is 16.5. The molecule has 31 heavy (non-hydrogen) atoms. The molecule has 2 aromatic carbocycles. The van der Waals surface area contributed by atoms with Crippen molar-refractivity contribution >= 4 is 11.8 Å². The summed E-state index contributed by atoms with van der Waals surface area (Å²) in [6, 6.07) is 16.0. The fourth-order valence-electron chi connectivity index (χ4n) is 4.02. The molecule has 0 aromatic heterocycles. The summed E-state index contributed by atoms with van der Waals surface area (Å²) >= 11 is 0. The summed E-state index contributed by atoms with van der Waals surface area (Å²) < 4.78 is 5.99. The molecule has 0 radical (unpaired) electrons. The Balaban J connectivity index is 1.83. The summed E-state index contributed by atoms with van der Waals surface area (Å²) in [6.07, 6.45) is 1.65. The van der Waals surface area contributed by atoms with E-state index >= 15 is 0 Å². The molecule has 0 saturated heterocycles. The van der Waals surface area contributed by atoms with Crippen LogP contribution in [0.3, 0.4) is 0 Å². The molecule has 0 bridgehead atoms. The van der Waals surface area contributed by atoms with Gasteiger partial charge in [-0.2, -0.15) is 0 Å². The zero-order valence-electron chi connectivity index (χ0n) is 19.1. The van der Waals surface area contributed by atoms with Crippen LogP contribution in [-0.4, -0.2) is 35.9 Å². The predicted molar refractivity (Wildman–Crippen MR) is 123 cm³/mol. The molecule has 3 rings (SSSR count). The topological polar surface area (TPSA) is 58.6 Å². The quantitative estimate of drug-likeness (QED) is 0.681. The maximum atomic E-state index is 12.7. The fraction of sp³-hybridized carbons (Fsp3) is 0.462. The highest BCUT2D eigenvalue weighted by Crippen LogP contribution is 2.37. The van der Waals surface area contributed by atoms with Gasteiger partial charge in [0, 0.05) is 19.5 Å². The van der Waals surface area contributed by atoms with E-state index in [-0.39, 0.29) is 17.9 Å². The minimum Gasteiger partial charge on any atom is -0.481 e. The highest BCUT2D eigenvalue weighted by Gasteiger charge is 2.31. The van der Waals surface area contributed by atoms with Gasteiger partial charge in [-0.05, 0) is 54.5 Å². The molecule has 0 unspecified atom stereocenters. The Labute approximate surface area is 185 Å². The number of nitrogens with one attached hydrogen (secondary N) is 1. The maximum Gasteiger partial charge on any atom is 0.260 e. The lowest BCUT2D eigenvalue weighted by Crippen LogP contribution is -2.40. The molecule has 0 fully saturated rings. The number of carbonyl (C=O) groups is 2. The smallest absolute Gasteiger partial charge is 0.260 e. The van der Waals surface area contributed by atoms with E-state index in [0.29, 0.717) is 31.2 Å². The number of ether oxygens (including phenoxy) is 1. The van der Waals surface area contributed by atoms with E-state index in [1.165, 1.54) is 5.56 Å². The minimum absolute atomic E-state index is 0.110. The van der Waals surface area contributed by atoms with E-state index in [4.69, 9.17) is 4.74 Å². The fourth-order valence-corrected chi connectivity index (χ4v) is 4.02. The van der Waals surface area contributed by atoms with Crippen molar-refractivity contribution in [3.63, 3.8) is 0 Å². The van der Waals surface area contributed by atoms with E-state index in [0.717, 1.165) is 24.0 Å². The molecule has 2 aromatic rings. The zero-order chi connectivity index (χ0) is 22.4. The molecular formula is C26H34N2O3. The Morgan fingerprint density at radius 1 is 1.13 bits per heavy atom. The van der Waals surface area contributed by atoms with E-state index in [2.05, 4.69) is 37.4 Å². The van der Waals surface area contributed by atoms with Gasteiger partial charge in [0.25, 0.3) is 5.91 Å². The highest BCUT2D eigenvalue weighted by atomic mass is 16.5. The third kappa shape index (κ3) is 5.66. The van der Waals surface area contributed by atoms with Crippen molar-refractivity contribution in [2.75, 3.05) is 13.1 Å². The first-order valence-electron chi connectivity index (χ1n) is 11.3. The van der Waals surface area contributed by atoms with Gasteiger partial charge in [0.1, 0.15) is 5.75 Å². The van der Waals surface area contributed by atoms with Crippen molar-refractivity contribution in [3.8, 4) is 5.75 Å². The molecule has 2 atom stereocenters. The van der Waals surface area contributed by atoms with Crippen molar-refractivity contribution in [2.24, 2.45) is 5.92 Å². The number of nitrogens with zero attached hydrogens (tertiary/aromatic N) is 1. The van der Waals surface area contributed by atoms with Crippen LogP contribution in [0.1, 0.15) is 63.3 Å². The lowest BCUT2D eigenvalue weighted by Gasteiger charge is -2.38. The molecule has 0 spiro atoms. The van der Waals surface area contributed by atoms with Crippen LogP contribution in [-0.2, 0) is 16.0 Å². The molecular weight excluding hydrogens is 388 g/mol. The van der Waals surface area contributed by atoms with Gasteiger partial charge in [-0.25, -0.2) is 0 Å². The zero-order valence-corrected chi connectivity index (χ0v) is 19.1. The summed E-state index contributed by atoms with van der Waals surface area (Å²) in [6.45, 7) is 9.29. The number of amides is 2. The van der Waals surface area contributed by atoms with Crippen molar-refractivity contribution in [1.82, 2.24) is 10.2 Å². The monoisotopic (exact) mass is 422 g/mol. The Morgan fingerprint density at radius 2 is 1.87 bits per heavy atom. The van der Waals surface area contributed by atoms with Crippen LogP contribution in [0, 0.1) is 5.92 Å². The van der Waals surface area contributed by atoms with Crippen LogP contribution in [0.2, 0.25) is 0 Å². The van der Waals surface area contributed by atoms with E-state index in [9.17, 15) is 9.59 Å². The van der Waals surface area contributed by atoms with Gasteiger partial charge in [0.05, 0.1) is 6.04 Å². The number of rotatable bonds is 8. The van der Waals surface area contributed by atoms with Crippen LogP contribution in [0.4, 0.5) is 0 Å². The van der Waals surface area contributed by atoms with Crippen molar-refractivity contribution in [1.29, 1.82) is 0 Å². The summed E-state index contributed by atoms with van der Waals surface area (Å²) in [7, 11) is 0. The second kappa shape index (κ2) is 10.5. The van der Waals surface area contributed by atoms with Gasteiger partial charge in [0.2, 0.25) is 5.91 Å². The number of carbonyl (C=O) groups excluding carboxylic acids is 2. The van der Waals surface area contributed by atoms with Gasteiger partial charge >= 0.3 is 0 Å². The number of hydrogen-bond donors (Lipinski definition) is 1. The average molecular weight is 423 g/mol. The lowest BCUT2D eigenvalue weighted by atomic mass is 9.87. The Bertz CT molecular complexity index is 895. The van der Waals surface area contributed by atoms with Gasteiger partial charge in [0.15, 0.2) is 6.10 Å². The molecule has 5 nitrogen and oxygen atoms in total. The van der Waals surface area contributed by atoms with Crippen LogP contribution in [0.15, 0.2) is 48.5 Å². The summed E-state index contributed by atoms with van der Waals surface area (Å²) in [4.78, 5) is 27.1. The van der Waals surface area contributed by atoms with Crippen LogP contribution < -0.4 is 10.1 Å². The molecule has 0 aliphatic carbocycles. The predicted octanol–water partition coefficient (Wildman–Crippen LogP) is 4.50. The third-order valence-electron chi connectivity index (χ3n) is 5.79. The molecule has 1 aliphatic heterocycles. The Hall–Kier alpha value is -2.82. The van der Waals surface area contributed by atoms with Crippen molar-refractivity contribution in [3.05, 3.63) is 65.2 Å². The first-order valence-corrected chi connectivity index (χ1v) is 11.3. The first-order chi connectivity index (χ1) is 14.9. The summed E-state index contributed by atoms with van der Waals surface area (Å²) in [5.74, 6) is 1.22. The van der Waals surface area contributed by atoms with Gasteiger partial charge < -0.3 is 15.0 Å². The van der Waals surface area contributed by atoms with Crippen LogP contribution in [0.5, 0.6) is 5.75 Å². The number of hydrogen-bond acceptors (Lipinski definition) is 3. The second-order valence-corrected chi connectivity index (χ2v) is 8.60. The lowest BCUT2D eigenvalue weighted by molar-refractivity contribution is -0.133. The summed E-state index contributed by atoms with van der Waals surface area (Å²) in [5.41, 5.74) is 3.38. The molecule has 2 amide bonds. The van der Waals surface area contributed by atoms with E-state index in [1.807, 2.05) is 42.2 Å². The maximum absolute atomic E-state index is 12.7. The van der Waals surface area contributed by atoms with Gasteiger partial charge in [-0.15, -0.1) is 0 Å². The van der Waals surface area contributed by atoms with Gasteiger partial charge in [-0.1, -0.05) is 57.2 Å². The largest absolute Gasteiger partial charge is 0.481 e. The number of benzene rings is 2. The molecule has 166 valence electrons. The molecule has 1 N–H and O–H groups in total. The molecule has 1 heterocycles.